The number of likely N-dealkylation sites (N-methyl/N-ethyl adjacent to an activating group) is 1. The van der Waals surface area contributed by atoms with E-state index in [1.807, 2.05) is 0 Å². The van der Waals surface area contributed by atoms with Crippen LogP contribution in [0.15, 0.2) is 18.2 Å². The van der Waals surface area contributed by atoms with Gasteiger partial charge in [0.25, 0.3) is 0 Å². The van der Waals surface area contributed by atoms with Crippen LogP contribution in [0.2, 0.25) is 0 Å². The van der Waals surface area contributed by atoms with E-state index in [1.54, 1.807) is 6.07 Å². The first-order chi connectivity index (χ1) is 9.11. The van der Waals surface area contributed by atoms with Crippen molar-refractivity contribution in [3.05, 3.63) is 35.4 Å². The number of halogens is 2. The van der Waals surface area contributed by atoms with Crippen molar-refractivity contribution < 1.29 is 8.78 Å². The van der Waals surface area contributed by atoms with Gasteiger partial charge in [-0.15, -0.1) is 0 Å². The summed E-state index contributed by atoms with van der Waals surface area (Å²) < 4.78 is 26.2. The topological polar surface area (TPSA) is 12.0 Å². The Morgan fingerprint density at radius 1 is 1.26 bits per heavy atom. The minimum Gasteiger partial charge on any atom is -0.314 e. The van der Waals surface area contributed by atoms with E-state index in [9.17, 15) is 8.78 Å². The lowest BCUT2D eigenvalue weighted by Crippen LogP contribution is -2.39. The smallest absolute Gasteiger partial charge is 0.159 e. The molecular formula is C16H23F2N. The van der Waals surface area contributed by atoms with Crippen LogP contribution in [0.1, 0.15) is 38.7 Å². The van der Waals surface area contributed by atoms with Gasteiger partial charge >= 0.3 is 0 Å². The SMILES string of the molecule is CCNC(Cc1ccc(F)c(F)c1)C1CCCC1C. The first-order valence-electron chi connectivity index (χ1n) is 7.29. The molecule has 0 amide bonds. The zero-order chi connectivity index (χ0) is 13.8. The third-order valence-corrected chi connectivity index (χ3v) is 4.35. The summed E-state index contributed by atoms with van der Waals surface area (Å²) in [5.41, 5.74) is 0.879. The van der Waals surface area contributed by atoms with Crippen molar-refractivity contribution in [2.45, 2.75) is 45.6 Å². The van der Waals surface area contributed by atoms with E-state index in [2.05, 4.69) is 19.2 Å². The fraction of sp³-hybridized carbons (Fsp3) is 0.625. The lowest BCUT2D eigenvalue weighted by atomic mass is 9.86. The van der Waals surface area contributed by atoms with Crippen LogP contribution in [0.25, 0.3) is 0 Å². The summed E-state index contributed by atoms with van der Waals surface area (Å²) in [6.07, 6.45) is 4.58. The van der Waals surface area contributed by atoms with E-state index >= 15 is 0 Å². The Kier molecular flexibility index (Phi) is 4.92. The molecule has 1 aromatic rings. The summed E-state index contributed by atoms with van der Waals surface area (Å²) in [7, 11) is 0. The summed E-state index contributed by atoms with van der Waals surface area (Å²) in [5, 5.41) is 3.52. The lowest BCUT2D eigenvalue weighted by molar-refractivity contribution is 0.298. The molecule has 1 aromatic carbocycles. The summed E-state index contributed by atoms with van der Waals surface area (Å²) in [5.74, 6) is -0.146. The quantitative estimate of drug-likeness (QED) is 0.852. The van der Waals surface area contributed by atoms with Gasteiger partial charge in [0.1, 0.15) is 0 Å². The third kappa shape index (κ3) is 3.53. The van der Waals surface area contributed by atoms with Crippen LogP contribution in [0.5, 0.6) is 0 Å². The van der Waals surface area contributed by atoms with Crippen molar-refractivity contribution in [3.63, 3.8) is 0 Å². The molecule has 19 heavy (non-hydrogen) atoms. The molecule has 0 saturated heterocycles. The van der Waals surface area contributed by atoms with Crippen molar-refractivity contribution in [1.29, 1.82) is 0 Å². The Labute approximate surface area is 114 Å². The van der Waals surface area contributed by atoms with E-state index < -0.39 is 11.6 Å². The van der Waals surface area contributed by atoms with Crippen LogP contribution in [0, 0.1) is 23.5 Å². The highest BCUT2D eigenvalue weighted by Crippen LogP contribution is 2.34. The monoisotopic (exact) mass is 267 g/mol. The molecule has 1 fully saturated rings. The number of hydrogen-bond donors (Lipinski definition) is 1. The van der Waals surface area contributed by atoms with Gasteiger partial charge in [0.05, 0.1) is 0 Å². The summed E-state index contributed by atoms with van der Waals surface area (Å²) >= 11 is 0. The molecule has 1 saturated carbocycles. The average Bonchev–Trinajstić information content (AvgIpc) is 2.79. The van der Waals surface area contributed by atoms with Crippen molar-refractivity contribution in [2.24, 2.45) is 11.8 Å². The van der Waals surface area contributed by atoms with Gasteiger partial charge in [0.15, 0.2) is 11.6 Å². The van der Waals surface area contributed by atoms with E-state index in [-0.39, 0.29) is 0 Å². The lowest BCUT2D eigenvalue weighted by Gasteiger charge is -2.28. The predicted octanol–water partition coefficient (Wildman–Crippen LogP) is 3.92. The molecule has 0 heterocycles. The van der Waals surface area contributed by atoms with Crippen molar-refractivity contribution in [1.82, 2.24) is 5.32 Å². The van der Waals surface area contributed by atoms with Crippen LogP contribution in [0.3, 0.4) is 0 Å². The van der Waals surface area contributed by atoms with Crippen molar-refractivity contribution in [2.75, 3.05) is 6.54 Å². The maximum absolute atomic E-state index is 13.3. The molecule has 0 aliphatic heterocycles. The second-order valence-electron chi connectivity index (χ2n) is 5.69. The Morgan fingerprint density at radius 3 is 2.63 bits per heavy atom. The van der Waals surface area contributed by atoms with E-state index in [0.717, 1.165) is 18.5 Å². The van der Waals surface area contributed by atoms with Gasteiger partial charge in [0.2, 0.25) is 0 Å². The Morgan fingerprint density at radius 2 is 2.05 bits per heavy atom. The van der Waals surface area contributed by atoms with Gasteiger partial charge in [-0.1, -0.05) is 32.8 Å². The summed E-state index contributed by atoms with van der Waals surface area (Å²) in [4.78, 5) is 0. The minimum atomic E-state index is -0.766. The van der Waals surface area contributed by atoms with E-state index in [0.29, 0.717) is 17.9 Å². The Hall–Kier alpha value is -0.960. The van der Waals surface area contributed by atoms with Gasteiger partial charge in [0, 0.05) is 6.04 Å². The first-order valence-corrected chi connectivity index (χ1v) is 7.29. The van der Waals surface area contributed by atoms with Crippen LogP contribution < -0.4 is 5.32 Å². The molecule has 1 nitrogen and oxygen atoms in total. The van der Waals surface area contributed by atoms with E-state index in [1.165, 1.54) is 31.4 Å². The molecular weight excluding hydrogens is 244 g/mol. The molecule has 0 spiro atoms. The highest BCUT2D eigenvalue weighted by molar-refractivity contribution is 5.19. The summed E-state index contributed by atoms with van der Waals surface area (Å²) in [6.45, 7) is 5.31. The molecule has 106 valence electrons. The molecule has 1 N–H and O–H groups in total. The standard InChI is InChI=1S/C16H23F2N/c1-3-19-16(13-6-4-5-11(13)2)10-12-7-8-14(17)15(18)9-12/h7-9,11,13,16,19H,3-6,10H2,1-2H3. The normalized spacial score (nSPS) is 24.6. The van der Waals surface area contributed by atoms with E-state index in [4.69, 9.17) is 0 Å². The van der Waals surface area contributed by atoms with Crippen molar-refractivity contribution in [3.8, 4) is 0 Å². The maximum Gasteiger partial charge on any atom is 0.159 e. The molecule has 3 atom stereocenters. The third-order valence-electron chi connectivity index (χ3n) is 4.35. The zero-order valence-electron chi connectivity index (χ0n) is 11.8. The summed E-state index contributed by atoms with van der Waals surface area (Å²) in [6, 6.07) is 4.63. The van der Waals surface area contributed by atoms with Crippen LogP contribution in [-0.2, 0) is 6.42 Å². The fourth-order valence-corrected chi connectivity index (χ4v) is 3.33. The van der Waals surface area contributed by atoms with Gasteiger partial charge in [-0.05, 0) is 48.9 Å². The Bertz CT molecular complexity index is 419. The highest BCUT2D eigenvalue weighted by Gasteiger charge is 2.30. The Balaban J connectivity index is 2.09. The van der Waals surface area contributed by atoms with Crippen molar-refractivity contribution >= 4 is 0 Å². The number of nitrogens with one attached hydrogen (secondary N) is 1. The molecule has 0 bridgehead atoms. The average molecular weight is 267 g/mol. The van der Waals surface area contributed by atoms with Crippen LogP contribution in [-0.4, -0.2) is 12.6 Å². The number of rotatable bonds is 5. The molecule has 2 rings (SSSR count). The van der Waals surface area contributed by atoms with Gasteiger partial charge in [-0.3, -0.25) is 0 Å². The second-order valence-corrected chi connectivity index (χ2v) is 5.69. The van der Waals surface area contributed by atoms with Gasteiger partial charge in [-0.2, -0.15) is 0 Å². The highest BCUT2D eigenvalue weighted by atomic mass is 19.2. The second kappa shape index (κ2) is 6.47. The molecule has 0 aromatic heterocycles. The number of benzene rings is 1. The van der Waals surface area contributed by atoms with Crippen LogP contribution >= 0.6 is 0 Å². The maximum atomic E-state index is 13.3. The minimum absolute atomic E-state index is 0.368. The largest absolute Gasteiger partial charge is 0.314 e. The molecule has 0 radical (unpaired) electrons. The predicted molar refractivity (Wildman–Crippen MR) is 74.0 cm³/mol. The van der Waals surface area contributed by atoms with Crippen LogP contribution in [0.4, 0.5) is 8.78 Å². The molecule has 3 unspecified atom stereocenters. The molecule has 1 aliphatic rings. The number of hydrogen-bond acceptors (Lipinski definition) is 1. The van der Waals surface area contributed by atoms with Gasteiger partial charge < -0.3 is 5.32 Å². The molecule has 1 aliphatic carbocycles. The zero-order valence-corrected chi connectivity index (χ0v) is 11.8. The van der Waals surface area contributed by atoms with Gasteiger partial charge in [-0.25, -0.2) is 8.78 Å². The molecule has 3 heteroatoms. The fourth-order valence-electron chi connectivity index (χ4n) is 3.33. The first kappa shape index (κ1) is 14.4.